The highest BCUT2D eigenvalue weighted by molar-refractivity contribution is 5.95. The van der Waals surface area contributed by atoms with Crippen LogP contribution in [-0.2, 0) is 53.1 Å². The first-order valence-corrected chi connectivity index (χ1v) is 23.5. The number of Topliss-reactive ketones (excluding diaryl/α,β-unsaturated/α-hetero) is 1. The zero-order valence-electron chi connectivity index (χ0n) is 40.5. The van der Waals surface area contributed by atoms with Crippen LogP contribution in [-0.4, -0.2) is 143 Å². The summed E-state index contributed by atoms with van der Waals surface area (Å²) in [5, 5.41) is 6.04. The standard InChI is InChI=1S/C49H82N4O10/c1-12-25-61-27-29-63-30-28-62-26-21-42(55)51-48(7,8)41(54)31-38(34(3)4)47(58)52(9)44(35(5)13-2)40(59-10)32-43(56)53-24-17-20-39(53)45(60-11)36(6)46(57)50-33-49(22-23-49)37-18-15-14-16-19-37/h14-16,18-19,34-36,38-40,44-45H,12-13,17,20-33H2,1-11H3,(H,50,57)(H,51,55)/t35-,36+,38-,39-,40+,44-,45+/m0/s1. The summed E-state index contributed by atoms with van der Waals surface area (Å²) in [4.78, 5) is 72.6. The van der Waals surface area contributed by atoms with E-state index in [1.807, 2.05) is 64.6 Å². The highest BCUT2D eigenvalue weighted by Crippen LogP contribution is 2.47. The van der Waals surface area contributed by atoms with Gasteiger partial charge in [-0.25, -0.2) is 0 Å². The molecule has 2 aliphatic rings. The van der Waals surface area contributed by atoms with Crippen LogP contribution >= 0.6 is 0 Å². The van der Waals surface area contributed by atoms with Gasteiger partial charge in [0.15, 0.2) is 5.78 Å². The predicted molar refractivity (Wildman–Crippen MR) is 244 cm³/mol. The van der Waals surface area contributed by atoms with Gasteiger partial charge in [0.2, 0.25) is 23.6 Å². The number of benzene rings is 1. The summed E-state index contributed by atoms with van der Waals surface area (Å²) in [6.45, 7) is 18.9. The van der Waals surface area contributed by atoms with E-state index < -0.39 is 35.6 Å². The SMILES string of the molecule is CCCOCCOCCOCCC(=O)NC(C)(C)C(=O)C[C@H](C(=O)N(C)[C@@H]([C@@H](C)CC)[C@@H](CC(=O)N1CCC[C@H]1[C@H](OC)[C@@H](C)C(=O)NCC1(c2ccccc2)CC1)OC)C(C)C. The van der Waals surface area contributed by atoms with Gasteiger partial charge in [0.05, 0.1) is 75.2 Å². The van der Waals surface area contributed by atoms with E-state index in [2.05, 4.69) is 22.8 Å². The molecule has 14 nitrogen and oxygen atoms in total. The van der Waals surface area contributed by atoms with E-state index in [4.69, 9.17) is 23.7 Å². The molecule has 0 unspecified atom stereocenters. The molecule has 1 aliphatic heterocycles. The average molecular weight is 887 g/mol. The number of rotatable bonds is 31. The monoisotopic (exact) mass is 887 g/mol. The van der Waals surface area contributed by atoms with Crippen molar-refractivity contribution in [3.8, 4) is 0 Å². The van der Waals surface area contributed by atoms with Crippen LogP contribution in [0.5, 0.6) is 0 Å². The molecule has 63 heavy (non-hydrogen) atoms. The number of ether oxygens (including phenoxy) is 5. The summed E-state index contributed by atoms with van der Waals surface area (Å²) in [6, 6.07) is 9.55. The molecule has 0 bridgehead atoms. The van der Waals surface area contributed by atoms with Crippen molar-refractivity contribution in [2.75, 3.05) is 74.0 Å². The fraction of sp³-hybridized carbons (Fsp3) is 0.776. The first-order valence-electron chi connectivity index (χ1n) is 23.5. The minimum absolute atomic E-state index is 0.0278. The lowest BCUT2D eigenvalue weighted by atomic mass is 9.82. The number of carbonyl (C=O) groups is 5. The van der Waals surface area contributed by atoms with E-state index in [1.165, 1.54) is 5.56 Å². The number of likely N-dealkylation sites (tertiary alicyclic amines) is 1. The Balaban J connectivity index is 1.61. The van der Waals surface area contributed by atoms with Crippen molar-refractivity contribution in [3.05, 3.63) is 35.9 Å². The van der Waals surface area contributed by atoms with Gasteiger partial charge in [-0.15, -0.1) is 0 Å². The molecule has 7 atom stereocenters. The first kappa shape index (κ1) is 53.9. The topological polar surface area (TPSA) is 162 Å². The van der Waals surface area contributed by atoms with E-state index in [1.54, 1.807) is 40.0 Å². The number of likely N-dealkylation sites (N-methyl/N-ethyl adjacent to an activating group) is 1. The van der Waals surface area contributed by atoms with Crippen molar-refractivity contribution in [2.24, 2.45) is 23.7 Å². The molecule has 1 aromatic rings. The Kier molecular flexibility index (Phi) is 22.7. The number of nitrogens with one attached hydrogen (secondary N) is 2. The highest BCUT2D eigenvalue weighted by Gasteiger charge is 2.46. The summed E-state index contributed by atoms with van der Waals surface area (Å²) >= 11 is 0. The number of amides is 4. The second-order valence-corrected chi connectivity index (χ2v) is 18.7. The van der Waals surface area contributed by atoms with Gasteiger partial charge in [-0.2, -0.15) is 0 Å². The van der Waals surface area contributed by atoms with Gasteiger partial charge in [0.25, 0.3) is 0 Å². The van der Waals surface area contributed by atoms with Crippen molar-refractivity contribution < 1.29 is 47.7 Å². The maximum atomic E-state index is 14.5. The van der Waals surface area contributed by atoms with Crippen molar-refractivity contribution in [1.82, 2.24) is 20.4 Å². The Morgan fingerprint density at radius 3 is 2.05 bits per heavy atom. The third-order valence-corrected chi connectivity index (χ3v) is 13.3. The Hall–Kier alpha value is -3.43. The smallest absolute Gasteiger partial charge is 0.226 e. The number of methoxy groups -OCH3 is 2. The maximum Gasteiger partial charge on any atom is 0.226 e. The Labute approximate surface area is 378 Å². The molecule has 0 radical (unpaired) electrons. The van der Waals surface area contributed by atoms with Crippen LogP contribution in [0.25, 0.3) is 0 Å². The van der Waals surface area contributed by atoms with E-state index in [0.717, 1.165) is 32.1 Å². The minimum Gasteiger partial charge on any atom is -0.379 e. The Morgan fingerprint density at radius 1 is 0.873 bits per heavy atom. The largest absolute Gasteiger partial charge is 0.379 e. The average Bonchev–Trinajstić information content (AvgIpc) is 3.91. The van der Waals surface area contributed by atoms with Crippen molar-refractivity contribution in [3.63, 3.8) is 0 Å². The van der Waals surface area contributed by atoms with Crippen LogP contribution < -0.4 is 10.6 Å². The number of nitrogens with zero attached hydrogens (tertiary/aromatic N) is 2. The van der Waals surface area contributed by atoms with E-state index in [-0.39, 0.29) is 78.6 Å². The Morgan fingerprint density at radius 2 is 1.49 bits per heavy atom. The fourth-order valence-electron chi connectivity index (χ4n) is 8.89. The molecule has 358 valence electrons. The molecule has 1 aromatic carbocycles. The number of hydrogen-bond acceptors (Lipinski definition) is 10. The number of carbonyl (C=O) groups excluding carboxylic acids is 5. The molecule has 14 heteroatoms. The first-order chi connectivity index (χ1) is 30.0. The van der Waals surface area contributed by atoms with Crippen LogP contribution in [0, 0.1) is 23.7 Å². The van der Waals surface area contributed by atoms with Crippen molar-refractivity contribution in [1.29, 1.82) is 0 Å². The van der Waals surface area contributed by atoms with Gasteiger partial charge in [0, 0.05) is 65.1 Å². The molecule has 3 rings (SSSR count). The van der Waals surface area contributed by atoms with Gasteiger partial charge in [-0.3, -0.25) is 24.0 Å². The summed E-state index contributed by atoms with van der Waals surface area (Å²) < 4.78 is 28.5. The van der Waals surface area contributed by atoms with Crippen molar-refractivity contribution >= 4 is 29.4 Å². The summed E-state index contributed by atoms with van der Waals surface area (Å²) in [6.07, 6.45) is 4.14. The quantitative estimate of drug-likeness (QED) is 0.0882. The van der Waals surface area contributed by atoms with Crippen LogP contribution in [0.3, 0.4) is 0 Å². The predicted octanol–water partition coefficient (Wildman–Crippen LogP) is 5.73. The van der Waals surface area contributed by atoms with E-state index >= 15 is 0 Å². The third kappa shape index (κ3) is 15.9. The van der Waals surface area contributed by atoms with E-state index in [9.17, 15) is 24.0 Å². The fourth-order valence-corrected chi connectivity index (χ4v) is 8.89. The van der Waals surface area contributed by atoms with Gasteiger partial charge >= 0.3 is 0 Å². The molecule has 1 aliphatic carbocycles. The summed E-state index contributed by atoms with van der Waals surface area (Å²) in [7, 11) is 4.90. The third-order valence-electron chi connectivity index (χ3n) is 13.3. The molecule has 1 heterocycles. The van der Waals surface area contributed by atoms with Gasteiger partial charge < -0.3 is 44.1 Å². The normalized spacial score (nSPS) is 18.9. The molecular weight excluding hydrogens is 805 g/mol. The summed E-state index contributed by atoms with van der Waals surface area (Å²) in [5.41, 5.74) is -0.00310. The van der Waals surface area contributed by atoms with Gasteiger partial charge in [0.1, 0.15) is 0 Å². The molecule has 0 aromatic heterocycles. The van der Waals surface area contributed by atoms with Gasteiger partial charge in [-0.05, 0) is 63.4 Å². The molecule has 0 spiro atoms. The molecule has 2 N–H and O–H groups in total. The second-order valence-electron chi connectivity index (χ2n) is 18.7. The molecule has 4 amide bonds. The van der Waals surface area contributed by atoms with Crippen LogP contribution in [0.2, 0.25) is 0 Å². The highest BCUT2D eigenvalue weighted by atomic mass is 16.5. The molecular formula is C49H82N4O10. The lowest BCUT2D eigenvalue weighted by molar-refractivity contribution is -0.149. The number of hydrogen-bond donors (Lipinski definition) is 2. The number of ketones is 1. The zero-order valence-corrected chi connectivity index (χ0v) is 40.5. The van der Waals surface area contributed by atoms with Crippen LogP contribution in [0.4, 0.5) is 0 Å². The van der Waals surface area contributed by atoms with Crippen LogP contribution in [0.15, 0.2) is 30.3 Å². The maximum absolute atomic E-state index is 14.5. The summed E-state index contributed by atoms with van der Waals surface area (Å²) in [5.74, 6) is -2.40. The minimum atomic E-state index is -1.21. The second kappa shape index (κ2) is 26.5. The lowest BCUT2D eigenvalue weighted by Crippen LogP contribution is -2.55. The van der Waals surface area contributed by atoms with Crippen molar-refractivity contribution in [2.45, 2.75) is 148 Å². The van der Waals surface area contributed by atoms with Gasteiger partial charge in [-0.1, -0.05) is 78.3 Å². The lowest BCUT2D eigenvalue weighted by Gasteiger charge is -2.41. The molecule has 1 saturated carbocycles. The molecule has 2 fully saturated rings. The molecule has 1 saturated heterocycles. The van der Waals surface area contributed by atoms with E-state index in [0.29, 0.717) is 52.5 Å². The van der Waals surface area contributed by atoms with Crippen LogP contribution in [0.1, 0.15) is 119 Å². The Bertz CT molecular complexity index is 1570. The zero-order chi connectivity index (χ0) is 46.7.